The summed E-state index contributed by atoms with van der Waals surface area (Å²) in [6, 6.07) is 37.3. The molecule has 0 amide bonds. The number of rotatable bonds is 8. The fourth-order valence-electron chi connectivity index (χ4n) is 19.7. The maximum atomic E-state index is 12.2. The standard InChI is InChI=1S/C18H22O2.C17H22O2.2C17H20O2.C12H14O2.C11H12O2.C5H8O.Li.H3N.H/c1-17(2)15-8-6-12-5-7-13(20-4)11-14(12)18(15,3)10-9-16(17)19;3*1-11-14-7-5-12-4-6-13(19-3)10-15(12)17(14,2)9-8-16(11)18;1-8-11-7-10(14-2)5-3-9(11)4-6-12(8)13;1-13-9-6-5-8-3-2-4-11(12)10(8)7-9;1-3-5(6)4-2;;;/h5,7,9-11,15H,6,8H2,1-4H3;4,6,10-11,14H,5,7-9H2,1-3H3;4,6,10H,5,7-9H2,1-3H3;4,6,8-11,14H,5,7H2,1-3H3;3,5,7-8H,4,6H2,1-2H3;5-7H,2-4H2,1H3;3H,1,4H2,2H3;;1H3;/q;;;;;;;+1;;-1/t15-,18?;11-,14-,17?;;11-,14-,17?;;;;;;/m00.0....../s1. The van der Waals surface area contributed by atoms with Gasteiger partial charge < -0.3 is 36.0 Å². The van der Waals surface area contributed by atoms with Crippen molar-refractivity contribution in [2.24, 2.45) is 35.0 Å². The maximum absolute atomic E-state index is 12.2. The van der Waals surface area contributed by atoms with Crippen molar-refractivity contribution in [3.63, 3.8) is 0 Å². The molecule has 0 spiro atoms. The van der Waals surface area contributed by atoms with E-state index in [1.165, 1.54) is 61.7 Å². The van der Waals surface area contributed by atoms with Crippen LogP contribution in [0.3, 0.4) is 0 Å². The Labute approximate surface area is 680 Å². The molecule has 16 rings (SSSR count). The van der Waals surface area contributed by atoms with Crippen LogP contribution in [0.5, 0.6) is 34.5 Å². The largest absolute Gasteiger partial charge is 1.00 e. The van der Waals surface area contributed by atoms with Crippen LogP contribution in [0.15, 0.2) is 157 Å². The number of Topliss-reactive ketones (excluding diaryl/α,β-unsaturated/α-hetero) is 4. The molecule has 14 nitrogen and oxygen atoms in total. The Kier molecular flexibility index (Phi) is 29.8. The first-order valence-corrected chi connectivity index (χ1v) is 39.9. The van der Waals surface area contributed by atoms with E-state index in [1.54, 1.807) is 54.8 Å². The van der Waals surface area contributed by atoms with Crippen LogP contribution in [0, 0.1) is 35.0 Å². The molecule has 15 heteroatoms. The molecular formula is C97H122LiNO13. The zero-order valence-electron chi connectivity index (χ0n) is 71.2. The van der Waals surface area contributed by atoms with Crippen molar-refractivity contribution in [3.05, 3.63) is 224 Å². The van der Waals surface area contributed by atoms with E-state index in [1.807, 2.05) is 69.3 Å². The van der Waals surface area contributed by atoms with Gasteiger partial charge in [-0.15, -0.1) is 0 Å². The number of ether oxygens (including phenoxy) is 6. The van der Waals surface area contributed by atoms with Crippen LogP contribution < -0.4 is 53.4 Å². The molecule has 10 aliphatic carbocycles. The normalized spacial score (nSPS) is 25.8. The Balaban J connectivity index is 0.000000185. The van der Waals surface area contributed by atoms with Crippen molar-refractivity contribution in [1.82, 2.24) is 6.15 Å². The van der Waals surface area contributed by atoms with Gasteiger partial charge in [-0.2, -0.15) is 0 Å². The first-order valence-electron chi connectivity index (χ1n) is 39.9. The van der Waals surface area contributed by atoms with Gasteiger partial charge in [-0.1, -0.05) is 130 Å². The summed E-state index contributed by atoms with van der Waals surface area (Å²) in [5.41, 5.74) is 17.7. The molecule has 0 aromatic heterocycles. The SMILES string of the molecule is C=CC(=O)CC.COc1ccc2c(c1)C(=O)CCC2.COc1ccc2c(c1)C(C)C(=O)CC2.COc1ccc2c(c1)C1(C)C=CC(=O)C(C)(C)[C@@H]1CC2.COc1ccc2c(c1)C1(C)C=CC(=O)[C@@H](C)[C@@H]1CC2.COc1ccc2c(c1)C1(C)CCC(=O)C(C)=C1CC2.COc1ccc2c(c1)C1(C)CCC(=O)[C@@H](C)[C@@H]1CC2.N.[H-].[Li+]. The molecular weight excluding hydrogens is 1390 g/mol. The van der Waals surface area contributed by atoms with Crippen LogP contribution in [0.2, 0.25) is 0 Å². The summed E-state index contributed by atoms with van der Waals surface area (Å²) in [6.45, 7) is 26.6. The molecule has 6 aromatic rings. The number of hydrogen-bond acceptors (Lipinski definition) is 14. The Bertz CT molecular complexity index is 4600. The van der Waals surface area contributed by atoms with Gasteiger partial charge >= 0.3 is 18.9 Å². The molecule has 112 heavy (non-hydrogen) atoms. The number of benzene rings is 6. The second-order valence-corrected chi connectivity index (χ2v) is 33.1. The van der Waals surface area contributed by atoms with Crippen LogP contribution in [0.1, 0.15) is 232 Å². The molecule has 594 valence electrons. The van der Waals surface area contributed by atoms with Gasteiger partial charge in [-0.3, -0.25) is 33.6 Å². The average molecular weight is 1520 g/mol. The van der Waals surface area contributed by atoms with E-state index < -0.39 is 0 Å². The van der Waals surface area contributed by atoms with E-state index in [-0.39, 0.29) is 94.4 Å². The minimum Gasteiger partial charge on any atom is -1.00 e. The van der Waals surface area contributed by atoms with E-state index in [0.717, 1.165) is 147 Å². The summed E-state index contributed by atoms with van der Waals surface area (Å²) < 4.78 is 31.7. The number of methoxy groups -OCH3 is 6. The minimum atomic E-state index is -0.287. The molecule has 0 bridgehead atoms. The zero-order chi connectivity index (χ0) is 79.8. The minimum absolute atomic E-state index is 0. The Hall–Kier alpha value is -8.67. The first-order chi connectivity index (χ1) is 52.4. The molecule has 1 fully saturated rings. The number of hydrogen-bond donors (Lipinski definition) is 1. The molecule has 0 heterocycles. The monoisotopic (exact) mass is 1520 g/mol. The number of aryl methyl sites for hydroxylation is 6. The van der Waals surface area contributed by atoms with Crippen LogP contribution >= 0.6 is 0 Å². The summed E-state index contributed by atoms with van der Waals surface area (Å²) in [7, 11) is 10.1. The summed E-state index contributed by atoms with van der Waals surface area (Å²) >= 11 is 0. The molecule has 0 saturated heterocycles. The van der Waals surface area contributed by atoms with Crippen LogP contribution in [-0.2, 0) is 89.0 Å². The van der Waals surface area contributed by atoms with Gasteiger partial charge in [0.2, 0.25) is 0 Å². The predicted molar refractivity (Wildman–Crippen MR) is 443 cm³/mol. The zero-order valence-corrected chi connectivity index (χ0v) is 70.2. The Morgan fingerprint density at radius 1 is 0.482 bits per heavy atom. The van der Waals surface area contributed by atoms with Gasteiger partial charge in [0.1, 0.15) is 46.1 Å². The summed E-state index contributed by atoms with van der Waals surface area (Å²) in [5, 5.41) is 0. The number of carbonyl (C=O) groups is 7. The number of allylic oxidation sites excluding steroid dienone is 7. The molecule has 0 aliphatic heterocycles. The van der Waals surface area contributed by atoms with Crippen molar-refractivity contribution in [2.45, 2.75) is 219 Å². The molecule has 5 unspecified atom stereocenters. The van der Waals surface area contributed by atoms with Crippen molar-refractivity contribution in [2.75, 3.05) is 42.7 Å². The van der Waals surface area contributed by atoms with Gasteiger partial charge in [0.25, 0.3) is 0 Å². The van der Waals surface area contributed by atoms with Gasteiger partial charge in [0, 0.05) is 77.1 Å². The second kappa shape index (κ2) is 37.5. The Morgan fingerprint density at radius 3 is 1.51 bits per heavy atom. The second-order valence-electron chi connectivity index (χ2n) is 33.1. The number of ketones is 7. The van der Waals surface area contributed by atoms with Gasteiger partial charge in [0.15, 0.2) is 28.9 Å². The first kappa shape index (κ1) is 88.9. The van der Waals surface area contributed by atoms with Crippen molar-refractivity contribution in [3.8, 4) is 34.5 Å². The van der Waals surface area contributed by atoms with E-state index in [4.69, 9.17) is 28.4 Å². The van der Waals surface area contributed by atoms with Crippen LogP contribution in [0.25, 0.3) is 0 Å². The predicted octanol–water partition coefficient (Wildman–Crippen LogP) is 17.0. The van der Waals surface area contributed by atoms with E-state index in [9.17, 15) is 33.6 Å². The quantitative estimate of drug-likeness (QED) is 0.111. The third kappa shape index (κ3) is 18.3. The maximum Gasteiger partial charge on any atom is 1.00 e. The van der Waals surface area contributed by atoms with Gasteiger partial charge in [-0.05, 0) is 271 Å². The molecule has 10 atom stereocenters. The van der Waals surface area contributed by atoms with Crippen LogP contribution in [-0.4, -0.2) is 83.1 Å². The van der Waals surface area contributed by atoms with E-state index in [0.29, 0.717) is 60.8 Å². The number of fused-ring (bicyclic) bond motifs is 14. The molecule has 0 radical (unpaired) electrons. The fourth-order valence-corrected chi connectivity index (χ4v) is 19.7. The van der Waals surface area contributed by atoms with Gasteiger partial charge in [-0.25, -0.2) is 0 Å². The fraction of sp³-hybridized carbons (Fsp3) is 0.474. The van der Waals surface area contributed by atoms with Crippen LogP contribution in [0.4, 0.5) is 0 Å². The number of carbonyl (C=O) groups excluding carboxylic acids is 7. The van der Waals surface area contributed by atoms with E-state index >= 15 is 0 Å². The van der Waals surface area contributed by atoms with Crippen molar-refractivity contribution < 1.29 is 82.3 Å². The third-order valence-corrected chi connectivity index (χ3v) is 26.9. The third-order valence-electron chi connectivity index (χ3n) is 26.9. The topological polar surface area (TPSA) is 210 Å². The smallest absolute Gasteiger partial charge is 1.00 e. The summed E-state index contributed by atoms with van der Waals surface area (Å²) in [6.07, 6.45) is 25.8. The van der Waals surface area contributed by atoms with Crippen molar-refractivity contribution in [1.29, 1.82) is 0 Å². The molecule has 1 saturated carbocycles. The van der Waals surface area contributed by atoms with Crippen molar-refractivity contribution >= 4 is 40.5 Å². The van der Waals surface area contributed by atoms with Gasteiger partial charge in [0.05, 0.1) is 42.7 Å². The molecule has 10 aliphatic rings. The Morgan fingerprint density at radius 2 is 0.955 bits per heavy atom. The summed E-state index contributed by atoms with van der Waals surface area (Å²) in [5.74, 6) is 8.88. The van der Waals surface area contributed by atoms with E-state index in [2.05, 4.69) is 135 Å². The summed E-state index contributed by atoms with van der Waals surface area (Å²) in [4.78, 5) is 81.2. The molecule has 3 N–H and O–H groups in total. The molecule has 6 aromatic carbocycles. The average Bonchev–Trinajstić information content (AvgIpc) is 0.499.